The van der Waals surface area contributed by atoms with Gasteiger partial charge in [0.25, 0.3) is 0 Å². The molecule has 4 rings (SSSR count). The van der Waals surface area contributed by atoms with E-state index in [-0.39, 0.29) is 6.03 Å². The summed E-state index contributed by atoms with van der Waals surface area (Å²) in [5, 5.41) is 11.0. The summed E-state index contributed by atoms with van der Waals surface area (Å²) >= 11 is 0. The summed E-state index contributed by atoms with van der Waals surface area (Å²) in [6, 6.07) is 9.90. The Morgan fingerprint density at radius 3 is 2.88 bits per heavy atom. The first-order chi connectivity index (χ1) is 11.7. The molecule has 2 aliphatic heterocycles. The molecule has 2 amide bonds. The van der Waals surface area contributed by atoms with Crippen molar-refractivity contribution < 1.29 is 4.79 Å². The Hall–Kier alpha value is -2.34. The van der Waals surface area contributed by atoms with E-state index in [0.717, 1.165) is 49.7 Å². The highest BCUT2D eigenvalue weighted by Gasteiger charge is 2.41. The molecule has 24 heavy (non-hydrogen) atoms. The topological polar surface area (TPSA) is 62.2 Å². The van der Waals surface area contributed by atoms with Crippen LogP contribution in [0.2, 0.25) is 0 Å². The SMILES string of the molecule is Cc1nn(-c2ccccc2)cc1NC(=O)N1CCC2(CCNC2)C1. The van der Waals surface area contributed by atoms with Crippen molar-refractivity contribution in [2.75, 3.05) is 31.5 Å². The lowest BCUT2D eigenvalue weighted by molar-refractivity contribution is 0.215. The molecule has 1 atom stereocenters. The van der Waals surface area contributed by atoms with Crippen molar-refractivity contribution in [2.24, 2.45) is 5.41 Å². The number of rotatable bonds is 2. The highest BCUT2D eigenvalue weighted by Crippen LogP contribution is 2.36. The monoisotopic (exact) mass is 325 g/mol. The van der Waals surface area contributed by atoms with Crippen molar-refractivity contribution in [2.45, 2.75) is 19.8 Å². The van der Waals surface area contributed by atoms with Crippen LogP contribution in [-0.4, -0.2) is 46.9 Å². The van der Waals surface area contributed by atoms with Crippen molar-refractivity contribution in [3.05, 3.63) is 42.2 Å². The van der Waals surface area contributed by atoms with E-state index in [4.69, 9.17) is 0 Å². The van der Waals surface area contributed by atoms with E-state index in [1.807, 2.05) is 48.4 Å². The van der Waals surface area contributed by atoms with Gasteiger partial charge in [-0.05, 0) is 38.4 Å². The number of nitrogens with one attached hydrogen (secondary N) is 2. The first kappa shape index (κ1) is 15.2. The van der Waals surface area contributed by atoms with Crippen molar-refractivity contribution in [1.82, 2.24) is 20.0 Å². The summed E-state index contributed by atoms with van der Waals surface area (Å²) in [6.45, 7) is 5.69. The maximum absolute atomic E-state index is 12.6. The van der Waals surface area contributed by atoms with Crippen LogP contribution in [0.3, 0.4) is 0 Å². The number of urea groups is 1. The standard InChI is InChI=1S/C18H23N5O/c1-14-16(11-23(21-14)15-5-3-2-4-6-15)20-17(24)22-10-8-18(13-22)7-9-19-12-18/h2-6,11,19H,7-10,12-13H2,1H3,(H,20,24). The zero-order chi connectivity index (χ0) is 16.6. The fraction of sp³-hybridized carbons (Fsp3) is 0.444. The minimum atomic E-state index is -0.0190. The molecule has 0 radical (unpaired) electrons. The Labute approximate surface area is 141 Å². The summed E-state index contributed by atoms with van der Waals surface area (Å²) < 4.78 is 1.80. The Balaban J connectivity index is 1.46. The molecule has 1 unspecified atom stereocenters. The zero-order valence-corrected chi connectivity index (χ0v) is 14.0. The van der Waals surface area contributed by atoms with Crippen LogP contribution in [0, 0.1) is 12.3 Å². The molecule has 6 nitrogen and oxygen atoms in total. The van der Waals surface area contributed by atoms with Crippen molar-refractivity contribution in [3.63, 3.8) is 0 Å². The number of carbonyl (C=O) groups is 1. The molecule has 6 heteroatoms. The minimum absolute atomic E-state index is 0.0190. The Kier molecular flexibility index (Phi) is 3.76. The Morgan fingerprint density at radius 2 is 2.12 bits per heavy atom. The summed E-state index contributed by atoms with van der Waals surface area (Å²) in [4.78, 5) is 14.5. The van der Waals surface area contributed by atoms with E-state index in [9.17, 15) is 4.79 Å². The smallest absolute Gasteiger partial charge is 0.321 e. The Bertz CT molecular complexity index is 733. The van der Waals surface area contributed by atoms with Gasteiger partial charge >= 0.3 is 6.03 Å². The van der Waals surface area contributed by atoms with E-state index in [2.05, 4.69) is 15.7 Å². The lowest BCUT2D eigenvalue weighted by atomic mass is 9.87. The van der Waals surface area contributed by atoms with Crippen molar-refractivity contribution in [3.8, 4) is 5.69 Å². The minimum Gasteiger partial charge on any atom is -0.324 e. The highest BCUT2D eigenvalue weighted by atomic mass is 16.2. The van der Waals surface area contributed by atoms with E-state index < -0.39 is 0 Å². The van der Waals surface area contributed by atoms with Crippen LogP contribution in [0.5, 0.6) is 0 Å². The van der Waals surface area contributed by atoms with Gasteiger partial charge in [0, 0.05) is 25.0 Å². The molecule has 1 spiro atoms. The molecule has 2 N–H and O–H groups in total. The third kappa shape index (κ3) is 2.78. The van der Waals surface area contributed by atoms with Gasteiger partial charge in [0.15, 0.2) is 0 Å². The van der Waals surface area contributed by atoms with Gasteiger partial charge < -0.3 is 15.5 Å². The van der Waals surface area contributed by atoms with Gasteiger partial charge in [0.05, 0.1) is 23.3 Å². The predicted octanol–water partition coefficient (Wildman–Crippen LogP) is 2.40. The molecule has 126 valence electrons. The van der Waals surface area contributed by atoms with Crippen LogP contribution in [0.1, 0.15) is 18.5 Å². The molecular weight excluding hydrogens is 302 g/mol. The Morgan fingerprint density at radius 1 is 1.29 bits per heavy atom. The summed E-state index contributed by atoms with van der Waals surface area (Å²) in [7, 11) is 0. The quantitative estimate of drug-likeness (QED) is 0.891. The van der Waals surface area contributed by atoms with Crippen molar-refractivity contribution >= 4 is 11.7 Å². The maximum atomic E-state index is 12.6. The fourth-order valence-corrected chi connectivity index (χ4v) is 3.74. The maximum Gasteiger partial charge on any atom is 0.321 e. The van der Waals surface area contributed by atoms with Crippen LogP contribution in [0.4, 0.5) is 10.5 Å². The molecule has 2 fully saturated rings. The van der Waals surface area contributed by atoms with Gasteiger partial charge in [-0.3, -0.25) is 0 Å². The average molecular weight is 325 g/mol. The first-order valence-electron chi connectivity index (χ1n) is 8.54. The van der Waals surface area contributed by atoms with Crippen LogP contribution in [0.25, 0.3) is 5.69 Å². The van der Waals surface area contributed by atoms with Gasteiger partial charge in [-0.1, -0.05) is 18.2 Å². The molecule has 2 aliphatic rings. The number of likely N-dealkylation sites (tertiary alicyclic amines) is 1. The second kappa shape index (κ2) is 5.94. The number of hydrogen-bond donors (Lipinski definition) is 2. The van der Waals surface area contributed by atoms with Crippen LogP contribution >= 0.6 is 0 Å². The molecule has 1 aromatic carbocycles. The van der Waals surface area contributed by atoms with Crippen LogP contribution in [-0.2, 0) is 0 Å². The largest absolute Gasteiger partial charge is 0.324 e. The highest BCUT2D eigenvalue weighted by molar-refractivity contribution is 5.90. The predicted molar refractivity (Wildman–Crippen MR) is 93.4 cm³/mol. The van der Waals surface area contributed by atoms with Gasteiger partial charge in [0.2, 0.25) is 0 Å². The molecule has 2 saturated heterocycles. The number of carbonyl (C=O) groups excluding carboxylic acids is 1. The number of amides is 2. The second-order valence-electron chi connectivity index (χ2n) is 6.94. The molecule has 3 heterocycles. The van der Waals surface area contributed by atoms with Crippen molar-refractivity contribution in [1.29, 1.82) is 0 Å². The third-order valence-electron chi connectivity index (χ3n) is 5.22. The number of para-hydroxylation sites is 1. The third-order valence-corrected chi connectivity index (χ3v) is 5.22. The summed E-state index contributed by atoms with van der Waals surface area (Å²) in [6.07, 6.45) is 4.14. The summed E-state index contributed by atoms with van der Waals surface area (Å²) in [5.41, 5.74) is 2.87. The van der Waals surface area contributed by atoms with E-state index in [1.54, 1.807) is 4.68 Å². The molecule has 0 bridgehead atoms. The molecular formula is C18H23N5O. The molecule has 2 aromatic rings. The molecule has 0 aliphatic carbocycles. The second-order valence-corrected chi connectivity index (χ2v) is 6.94. The van der Waals surface area contributed by atoms with Gasteiger partial charge in [0.1, 0.15) is 0 Å². The lowest BCUT2D eigenvalue weighted by Gasteiger charge is -2.22. The van der Waals surface area contributed by atoms with Crippen LogP contribution in [0.15, 0.2) is 36.5 Å². The van der Waals surface area contributed by atoms with E-state index in [0.29, 0.717) is 5.41 Å². The number of hydrogen-bond acceptors (Lipinski definition) is 3. The van der Waals surface area contributed by atoms with Gasteiger partial charge in [-0.25, -0.2) is 9.48 Å². The van der Waals surface area contributed by atoms with Crippen LogP contribution < -0.4 is 10.6 Å². The number of benzene rings is 1. The van der Waals surface area contributed by atoms with E-state index >= 15 is 0 Å². The molecule has 0 saturated carbocycles. The normalized spacial score (nSPS) is 23.1. The van der Waals surface area contributed by atoms with Gasteiger partial charge in [-0.15, -0.1) is 0 Å². The summed E-state index contributed by atoms with van der Waals surface area (Å²) in [5.74, 6) is 0. The van der Waals surface area contributed by atoms with Gasteiger partial charge in [-0.2, -0.15) is 5.10 Å². The fourth-order valence-electron chi connectivity index (χ4n) is 3.74. The number of anilines is 1. The lowest BCUT2D eigenvalue weighted by Crippen LogP contribution is -2.36. The average Bonchev–Trinajstić information content (AvgIpc) is 3.32. The number of nitrogens with zero attached hydrogens (tertiary/aromatic N) is 3. The number of aryl methyl sites for hydroxylation is 1. The van der Waals surface area contributed by atoms with E-state index in [1.165, 1.54) is 6.42 Å². The number of aromatic nitrogens is 2. The molecule has 1 aromatic heterocycles. The zero-order valence-electron chi connectivity index (χ0n) is 14.0. The first-order valence-corrected chi connectivity index (χ1v) is 8.54.